The first-order valence-corrected chi connectivity index (χ1v) is 8.01. The molecule has 0 aromatic heterocycles. The minimum atomic E-state index is -0.287. The van der Waals surface area contributed by atoms with Gasteiger partial charge < -0.3 is 10.6 Å². The van der Waals surface area contributed by atoms with Gasteiger partial charge in [0, 0.05) is 13.0 Å². The van der Waals surface area contributed by atoms with E-state index in [9.17, 15) is 9.18 Å². The van der Waals surface area contributed by atoms with E-state index < -0.39 is 0 Å². The molecule has 2 aromatic carbocycles. The van der Waals surface area contributed by atoms with Gasteiger partial charge >= 0.3 is 0 Å². The third-order valence-corrected chi connectivity index (χ3v) is 4.34. The average Bonchev–Trinajstić information content (AvgIpc) is 2.58. The molecule has 2 aromatic rings. The molecule has 0 saturated heterocycles. The van der Waals surface area contributed by atoms with Crippen LogP contribution in [0.3, 0.4) is 0 Å². The molecule has 1 amide bonds. The Balaban J connectivity index is 0.00000208. The van der Waals surface area contributed by atoms with Crippen LogP contribution in [-0.2, 0) is 17.8 Å². The van der Waals surface area contributed by atoms with Crippen molar-refractivity contribution in [2.24, 2.45) is 0 Å². The van der Waals surface area contributed by atoms with E-state index in [1.54, 1.807) is 6.07 Å². The number of carbonyl (C=O) groups excluding carboxylic acids is 1. The predicted octanol–water partition coefficient (Wildman–Crippen LogP) is 4.03. The summed E-state index contributed by atoms with van der Waals surface area (Å²) in [5.74, 6) is -0.347. The molecule has 128 valence electrons. The number of amides is 1. The van der Waals surface area contributed by atoms with E-state index in [2.05, 4.69) is 10.6 Å². The highest BCUT2D eigenvalue weighted by atomic mass is 35.5. The highest BCUT2D eigenvalue weighted by Gasteiger charge is 2.18. The maximum atomic E-state index is 14.5. The molecule has 1 aliphatic rings. The summed E-state index contributed by atoms with van der Waals surface area (Å²) in [5.41, 5.74) is 3.10. The number of nitrogens with one attached hydrogen (secondary N) is 2. The van der Waals surface area contributed by atoms with Gasteiger partial charge in [-0.25, -0.2) is 4.39 Å². The highest BCUT2D eigenvalue weighted by Crippen LogP contribution is 2.25. The van der Waals surface area contributed by atoms with Crippen LogP contribution in [0, 0.1) is 5.82 Å². The molecule has 1 atom stereocenters. The second kappa shape index (κ2) is 8.27. The largest absolute Gasteiger partial charge is 0.324 e. The molecule has 3 nitrogen and oxygen atoms in total. The van der Waals surface area contributed by atoms with E-state index in [4.69, 9.17) is 0 Å². The van der Waals surface area contributed by atoms with Crippen molar-refractivity contribution < 1.29 is 9.18 Å². The molecular weight excluding hydrogens is 327 g/mol. The van der Waals surface area contributed by atoms with Crippen LogP contribution in [0.4, 0.5) is 10.1 Å². The van der Waals surface area contributed by atoms with Gasteiger partial charge in [0.05, 0.1) is 5.69 Å². The number of anilines is 1. The molecule has 5 heteroatoms. The van der Waals surface area contributed by atoms with Gasteiger partial charge in [0.15, 0.2) is 0 Å². The summed E-state index contributed by atoms with van der Waals surface area (Å²) in [6, 6.07) is 13.4. The van der Waals surface area contributed by atoms with Gasteiger partial charge in [0.2, 0.25) is 5.91 Å². The molecular formula is C19H22ClFN2O. The van der Waals surface area contributed by atoms with E-state index in [0.29, 0.717) is 19.4 Å². The second-order valence-corrected chi connectivity index (χ2v) is 6.06. The normalized spacial score (nSPS) is 14.2. The lowest BCUT2D eigenvalue weighted by Gasteiger charge is -2.20. The van der Waals surface area contributed by atoms with Gasteiger partial charge in [-0.1, -0.05) is 43.3 Å². The van der Waals surface area contributed by atoms with Crippen LogP contribution >= 0.6 is 12.4 Å². The Morgan fingerprint density at radius 3 is 2.75 bits per heavy atom. The molecule has 0 spiro atoms. The molecule has 0 bridgehead atoms. The molecule has 0 aliphatic carbocycles. The van der Waals surface area contributed by atoms with Crippen molar-refractivity contribution in [1.29, 1.82) is 0 Å². The Morgan fingerprint density at radius 2 is 2.00 bits per heavy atom. The standard InChI is InChI=1S/C19H21FN2O.ClH/c1-13(14-5-3-2-4-6-14)11-18(23)22-17-8-7-15-12-21-10-9-16(15)19(17)20;/h2-8,13,21H,9-12H2,1H3,(H,22,23);1H. The van der Waals surface area contributed by atoms with Gasteiger partial charge in [-0.2, -0.15) is 0 Å². The van der Waals surface area contributed by atoms with E-state index in [1.807, 2.05) is 43.3 Å². The third kappa shape index (κ3) is 4.13. The van der Waals surface area contributed by atoms with Crippen molar-refractivity contribution in [3.05, 3.63) is 65.0 Å². The number of hydrogen-bond donors (Lipinski definition) is 2. The number of rotatable bonds is 4. The molecule has 1 heterocycles. The van der Waals surface area contributed by atoms with Crippen molar-refractivity contribution in [2.45, 2.75) is 32.2 Å². The quantitative estimate of drug-likeness (QED) is 0.876. The fourth-order valence-electron chi connectivity index (χ4n) is 3.01. The summed E-state index contributed by atoms with van der Waals surface area (Å²) in [4.78, 5) is 12.2. The number of halogens is 2. The Kier molecular flexibility index (Phi) is 6.35. The minimum absolute atomic E-state index is 0. The summed E-state index contributed by atoms with van der Waals surface area (Å²) in [6.07, 6.45) is 0.993. The average molecular weight is 349 g/mol. The molecule has 3 rings (SSSR count). The zero-order valence-electron chi connectivity index (χ0n) is 13.6. The van der Waals surface area contributed by atoms with Crippen LogP contribution in [-0.4, -0.2) is 12.5 Å². The van der Waals surface area contributed by atoms with Crippen molar-refractivity contribution in [1.82, 2.24) is 5.32 Å². The van der Waals surface area contributed by atoms with E-state index in [1.165, 1.54) is 0 Å². The van der Waals surface area contributed by atoms with Gasteiger partial charge in [-0.15, -0.1) is 12.4 Å². The third-order valence-electron chi connectivity index (χ3n) is 4.34. The Labute approximate surface area is 148 Å². The lowest BCUT2D eigenvalue weighted by atomic mass is 9.97. The summed E-state index contributed by atoms with van der Waals surface area (Å²) in [5, 5.41) is 5.95. The number of fused-ring (bicyclic) bond motifs is 1. The fraction of sp³-hybridized carbons (Fsp3) is 0.316. The van der Waals surface area contributed by atoms with Crippen LogP contribution in [0.15, 0.2) is 42.5 Å². The monoisotopic (exact) mass is 348 g/mol. The van der Waals surface area contributed by atoms with Crippen LogP contribution < -0.4 is 10.6 Å². The van der Waals surface area contributed by atoms with E-state index in [0.717, 1.165) is 23.2 Å². The van der Waals surface area contributed by atoms with Gasteiger partial charge in [0.25, 0.3) is 0 Å². The summed E-state index contributed by atoms with van der Waals surface area (Å²) in [6.45, 7) is 3.46. The molecule has 2 N–H and O–H groups in total. The first kappa shape index (κ1) is 18.4. The maximum absolute atomic E-state index is 14.5. The summed E-state index contributed by atoms with van der Waals surface area (Å²) < 4.78 is 14.5. The Hall–Kier alpha value is -1.91. The summed E-state index contributed by atoms with van der Waals surface area (Å²) in [7, 11) is 0. The second-order valence-electron chi connectivity index (χ2n) is 6.06. The first-order chi connectivity index (χ1) is 11.1. The lowest BCUT2D eigenvalue weighted by molar-refractivity contribution is -0.116. The van der Waals surface area contributed by atoms with Crippen LogP contribution in [0.5, 0.6) is 0 Å². The fourth-order valence-corrected chi connectivity index (χ4v) is 3.01. The van der Waals surface area contributed by atoms with E-state index in [-0.39, 0.29) is 35.7 Å². The lowest BCUT2D eigenvalue weighted by Crippen LogP contribution is -2.25. The van der Waals surface area contributed by atoms with Crippen molar-refractivity contribution in [3.8, 4) is 0 Å². The van der Waals surface area contributed by atoms with E-state index >= 15 is 0 Å². The molecule has 1 unspecified atom stereocenters. The smallest absolute Gasteiger partial charge is 0.225 e. The topological polar surface area (TPSA) is 41.1 Å². The zero-order chi connectivity index (χ0) is 16.2. The van der Waals surface area contributed by atoms with Crippen molar-refractivity contribution in [2.75, 3.05) is 11.9 Å². The Bertz CT molecular complexity index is 706. The molecule has 0 fully saturated rings. The zero-order valence-corrected chi connectivity index (χ0v) is 14.5. The first-order valence-electron chi connectivity index (χ1n) is 8.01. The van der Waals surface area contributed by atoms with Crippen LogP contribution in [0.1, 0.15) is 36.0 Å². The van der Waals surface area contributed by atoms with Crippen molar-refractivity contribution >= 4 is 24.0 Å². The maximum Gasteiger partial charge on any atom is 0.225 e. The molecule has 24 heavy (non-hydrogen) atoms. The molecule has 0 radical (unpaired) electrons. The molecule has 1 aliphatic heterocycles. The highest BCUT2D eigenvalue weighted by molar-refractivity contribution is 5.91. The van der Waals surface area contributed by atoms with Crippen molar-refractivity contribution in [3.63, 3.8) is 0 Å². The predicted molar refractivity (Wildman–Crippen MR) is 97.2 cm³/mol. The van der Waals surface area contributed by atoms with Crippen LogP contribution in [0.25, 0.3) is 0 Å². The minimum Gasteiger partial charge on any atom is -0.324 e. The number of hydrogen-bond acceptors (Lipinski definition) is 2. The van der Waals surface area contributed by atoms with Gasteiger partial charge in [-0.3, -0.25) is 4.79 Å². The summed E-state index contributed by atoms with van der Waals surface area (Å²) >= 11 is 0. The SMILES string of the molecule is CC(CC(=O)Nc1ccc2c(c1F)CCNC2)c1ccccc1.Cl. The van der Waals surface area contributed by atoms with Crippen LogP contribution in [0.2, 0.25) is 0 Å². The molecule has 0 saturated carbocycles. The number of benzene rings is 2. The van der Waals surface area contributed by atoms with Gasteiger partial charge in [-0.05, 0) is 41.6 Å². The number of carbonyl (C=O) groups is 1. The Morgan fingerprint density at radius 1 is 1.25 bits per heavy atom. The van der Waals surface area contributed by atoms with Gasteiger partial charge in [0.1, 0.15) is 5.82 Å².